The lowest BCUT2D eigenvalue weighted by Crippen LogP contribution is -2.19. The molecule has 5 nitrogen and oxygen atoms in total. The number of fused-ring (bicyclic) bond motifs is 1. The van der Waals surface area contributed by atoms with Crippen molar-refractivity contribution in [3.05, 3.63) is 77.9 Å². The number of para-hydroxylation sites is 2. The standard InChI is InChI=1S/C24H23N3O2/c1-16-11-17(2)13-19(12-16)25-23(28)15-27-22-10-5-4-9-21(22)26-24(27)18-7-6-8-20(14-18)29-3/h4-14H,15H2,1-3H3,(H,25,28). The summed E-state index contributed by atoms with van der Waals surface area (Å²) in [6.45, 7) is 4.21. The van der Waals surface area contributed by atoms with Crippen LogP contribution in [-0.4, -0.2) is 22.6 Å². The maximum atomic E-state index is 12.9. The predicted molar refractivity (Wildman–Crippen MR) is 116 cm³/mol. The number of anilines is 1. The van der Waals surface area contributed by atoms with E-state index in [1.807, 2.05) is 79.1 Å². The molecule has 0 radical (unpaired) electrons. The van der Waals surface area contributed by atoms with Crippen LogP contribution in [0, 0.1) is 13.8 Å². The van der Waals surface area contributed by atoms with Gasteiger partial charge >= 0.3 is 0 Å². The number of methoxy groups -OCH3 is 1. The minimum Gasteiger partial charge on any atom is -0.497 e. The molecule has 0 unspecified atom stereocenters. The Morgan fingerprint density at radius 1 is 1.00 bits per heavy atom. The molecule has 0 aliphatic carbocycles. The fourth-order valence-electron chi connectivity index (χ4n) is 3.61. The van der Waals surface area contributed by atoms with Gasteiger partial charge in [-0.2, -0.15) is 0 Å². The highest BCUT2D eigenvalue weighted by Gasteiger charge is 2.16. The molecule has 0 spiro atoms. The van der Waals surface area contributed by atoms with E-state index in [2.05, 4.69) is 11.4 Å². The molecule has 0 aliphatic rings. The van der Waals surface area contributed by atoms with Crippen LogP contribution in [0.2, 0.25) is 0 Å². The Hall–Kier alpha value is -3.60. The van der Waals surface area contributed by atoms with Gasteiger partial charge in [-0.1, -0.05) is 30.3 Å². The summed E-state index contributed by atoms with van der Waals surface area (Å²) in [5, 5.41) is 3.02. The maximum Gasteiger partial charge on any atom is 0.244 e. The molecule has 5 heteroatoms. The lowest BCUT2D eigenvalue weighted by molar-refractivity contribution is -0.116. The number of hydrogen-bond donors (Lipinski definition) is 1. The zero-order valence-corrected chi connectivity index (χ0v) is 16.8. The third kappa shape index (κ3) is 3.99. The van der Waals surface area contributed by atoms with E-state index in [0.717, 1.165) is 45.0 Å². The summed E-state index contributed by atoms with van der Waals surface area (Å²) in [6, 6.07) is 21.6. The topological polar surface area (TPSA) is 56.2 Å². The summed E-state index contributed by atoms with van der Waals surface area (Å²) < 4.78 is 7.30. The molecule has 1 aromatic heterocycles. The molecule has 1 N–H and O–H groups in total. The van der Waals surface area contributed by atoms with Crippen molar-refractivity contribution in [1.29, 1.82) is 0 Å². The van der Waals surface area contributed by atoms with Crippen LogP contribution in [0.3, 0.4) is 0 Å². The number of imidazole rings is 1. The van der Waals surface area contributed by atoms with E-state index in [1.54, 1.807) is 7.11 Å². The lowest BCUT2D eigenvalue weighted by atomic mass is 10.1. The number of nitrogens with one attached hydrogen (secondary N) is 1. The Kier molecular flexibility index (Phi) is 5.04. The van der Waals surface area contributed by atoms with Crippen LogP contribution >= 0.6 is 0 Å². The Morgan fingerprint density at radius 3 is 2.52 bits per heavy atom. The molecule has 4 rings (SSSR count). The first-order valence-electron chi connectivity index (χ1n) is 9.51. The molecule has 146 valence electrons. The zero-order valence-electron chi connectivity index (χ0n) is 16.8. The minimum atomic E-state index is -0.0951. The van der Waals surface area contributed by atoms with Crippen LogP contribution in [0.4, 0.5) is 5.69 Å². The third-order valence-corrected chi connectivity index (χ3v) is 4.79. The largest absolute Gasteiger partial charge is 0.497 e. The van der Waals surface area contributed by atoms with Gasteiger partial charge in [0.1, 0.15) is 18.1 Å². The molecule has 0 aliphatic heterocycles. The monoisotopic (exact) mass is 385 g/mol. The van der Waals surface area contributed by atoms with Crippen LogP contribution < -0.4 is 10.1 Å². The quantitative estimate of drug-likeness (QED) is 0.528. The van der Waals surface area contributed by atoms with E-state index >= 15 is 0 Å². The van der Waals surface area contributed by atoms with Crippen molar-refractivity contribution >= 4 is 22.6 Å². The number of ether oxygens (including phenoxy) is 1. The Labute approximate surface area is 170 Å². The summed E-state index contributed by atoms with van der Waals surface area (Å²) >= 11 is 0. The maximum absolute atomic E-state index is 12.9. The number of hydrogen-bond acceptors (Lipinski definition) is 3. The normalized spacial score (nSPS) is 10.9. The first-order valence-corrected chi connectivity index (χ1v) is 9.51. The molecule has 0 saturated heterocycles. The van der Waals surface area contributed by atoms with E-state index in [9.17, 15) is 4.79 Å². The third-order valence-electron chi connectivity index (χ3n) is 4.79. The van der Waals surface area contributed by atoms with Gasteiger partial charge in [-0.05, 0) is 61.4 Å². The smallest absolute Gasteiger partial charge is 0.244 e. The molecule has 0 bridgehead atoms. The average Bonchev–Trinajstić information content (AvgIpc) is 3.05. The van der Waals surface area contributed by atoms with Crippen LogP contribution in [0.25, 0.3) is 22.4 Å². The Morgan fingerprint density at radius 2 is 1.76 bits per heavy atom. The van der Waals surface area contributed by atoms with Crippen molar-refractivity contribution in [2.45, 2.75) is 20.4 Å². The lowest BCUT2D eigenvalue weighted by Gasteiger charge is -2.12. The molecular formula is C24H23N3O2. The van der Waals surface area contributed by atoms with Gasteiger partial charge in [-0.25, -0.2) is 4.98 Å². The minimum absolute atomic E-state index is 0.0951. The number of aromatic nitrogens is 2. The van der Waals surface area contributed by atoms with E-state index < -0.39 is 0 Å². The van der Waals surface area contributed by atoms with Gasteiger partial charge in [0.2, 0.25) is 5.91 Å². The summed E-state index contributed by atoms with van der Waals surface area (Å²) in [6.07, 6.45) is 0. The van der Waals surface area contributed by atoms with Gasteiger partial charge in [0.05, 0.1) is 18.1 Å². The summed E-state index contributed by atoms with van der Waals surface area (Å²) in [5.41, 5.74) is 5.71. The van der Waals surface area contributed by atoms with Crippen molar-refractivity contribution in [3.8, 4) is 17.1 Å². The van der Waals surface area contributed by atoms with Gasteiger partial charge in [-0.3, -0.25) is 4.79 Å². The summed E-state index contributed by atoms with van der Waals surface area (Å²) in [7, 11) is 1.64. The van der Waals surface area contributed by atoms with Gasteiger partial charge in [0, 0.05) is 11.3 Å². The number of carbonyl (C=O) groups is 1. The fourth-order valence-corrected chi connectivity index (χ4v) is 3.61. The summed E-state index contributed by atoms with van der Waals surface area (Å²) in [5.74, 6) is 1.39. The number of amides is 1. The first-order chi connectivity index (χ1) is 14.0. The molecule has 0 saturated carbocycles. The van der Waals surface area contributed by atoms with Crippen LogP contribution in [0.15, 0.2) is 66.7 Å². The van der Waals surface area contributed by atoms with E-state index in [-0.39, 0.29) is 12.5 Å². The number of carbonyl (C=O) groups excluding carboxylic acids is 1. The summed E-state index contributed by atoms with van der Waals surface area (Å²) in [4.78, 5) is 17.6. The van der Waals surface area contributed by atoms with Crippen LogP contribution in [0.1, 0.15) is 11.1 Å². The molecule has 4 aromatic rings. The van der Waals surface area contributed by atoms with Crippen molar-refractivity contribution in [2.75, 3.05) is 12.4 Å². The first kappa shape index (κ1) is 18.7. The van der Waals surface area contributed by atoms with E-state index in [4.69, 9.17) is 9.72 Å². The molecule has 29 heavy (non-hydrogen) atoms. The number of benzene rings is 3. The molecule has 0 fully saturated rings. The van der Waals surface area contributed by atoms with Gasteiger partial charge in [-0.15, -0.1) is 0 Å². The number of aryl methyl sites for hydroxylation is 2. The molecule has 1 amide bonds. The zero-order chi connectivity index (χ0) is 20.4. The van der Waals surface area contributed by atoms with Crippen LogP contribution in [-0.2, 0) is 11.3 Å². The number of nitrogens with zero attached hydrogens (tertiary/aromatic N) is 2. The highest BCUT2D eigenvalue weighted by Crippen LogP contribution is 2.27. The van der Waals surface area contributed by atoms with E-state index in [0.29, 0.717) is 0 Å². The molecular weight excluding hydrogens is 362 g/mol. The van der Waals surface area contributed by atoms with Crippen molar-refractivity contribution in [3.63, 3.8) is 0 Å². The van der Waals surface area contributed by atoms with Crippen molar-refractivity contribution in [1.82, 2.24) is 9.55 Å². The second kappa shape index (κ2) is 7.80. The van der Waals surface area contributed by atoms with Crippen molar-refractivity contribution < 1.29 is 9.53 Å². The average molecular weight is 385 g/mol. The second-order valence-electron chi connectivity index (χ2n) is 7.17. The highest BCUT2D eigenvalue weighted by molar-refractivity contribution is 5.92. The van der Waals surface area contributed by atoms with E-state index in [1.165, 1.54) is 0 Å². The van der Waals surface area contributed by atoms with Crippen LogP contribution in [0.5, 0.6) is 5.75 Å². The van der Waals surface area contributed by atoms with Gasteiger partial charge < -0.3 is 14.6 Å². The SMILES string of the molecule is COc1cccc(-c2nc3ccccc3n2CC(=O)Nc2cc(C)cc(C)c2)c1. The predicted octanol–water partition coefficient (Wildman–Crippen LogP) is 4.97. The molecule has 0 atom stereocenters. The highest BCUT2D eigenvalue weighted by atomic mass is 16.5. The van der Waals surface area contributed by atoms with Crippen molar-refractivity contribution in [2.24, 2.45) is 0 Å². The van der Waals surface area contributed by atoms with Gasteiger partial charge in [0.15, 0.2) is 0 Å². The van der Waals surface area contributed by atoms with Gasteiger partial charge in [0.25, 0.3) is 0 Å². The molecule has 1 heterocycles. The Bertz CT molecular complexity index is 1170. The fraction of sp³-hybridized carbons (Fsp3) is 0.167. The number of rotatable bonds is 5. The Balaban J connectivity index is 1.71. The second-order valence-corrected chi connectivity index (χ2v) is 7.17. The molecule has 3 aromatic carbocycles.